The summed E-state index contributed by atoms with van der Waals surface area (Å²) in [5.74, 6) is 2.34. The van der Waals surface area contributed by atoms with Crippen molar-refractivity contribution in [2.45, 2.75) is 26.7 Å². The first-order valence-electron chi connectivity index (χ1n) is 8.26. The number of carbonyl (C=O) groups is 1. The molecule has 0 atom stereocenters. The molecule has 0 aromatic carbocycles. The van der Waals surface area contributed by atoms with Crippen LogP contribution in [-0.2, 0) is 11.8 Å². The van der Waals surface area contributed by atoms with Gasteiger partial charge in [-0.05, 0) is 26.7 Å². The Morgan fingerprint density at radius 2 is 1.78 bits per heavy atom. The molecule has 4 rings (SSSR count). The van der Waals surface area contributed by atoms with Crippen LogP contribution in [0.25, 0.3) is 11.0 Å². The van der Waals surface area contributed by atoms with Gasteiger partial charge in [-0.3, -0.25) is 9.48 Å². The van der Waals surface area contributed by atoms with Gasteiger partial charge in [-0.2, -0.15) is 5.10 Å². The van der Waals surface area contributed by atoms with Gasteiger partial charge in [-0.15, -0.1) is 0 Å². The second kappa shape index (κ2) is 5.18. The third-order valence-corrected chi connectivity index (χ3v) is 4.76. The van der Waals surface area contributed by atoms with Gasteiger partial charge < -0.3 is 9.80 Å². The minimum atomic E-state index is 0.300. The molecule has 3 heterocycles. The van der Waals surface area contributed by atoms with E-state index in [2.05, 4.69) is 20.0 Å². The maximum Gasteiger partial charge on any atom is 0.225 e. The van der Waals surface area contributed by atoms with Crippen LogP contribution in [0.3, 0.4) is 0 Å². The van der Waals surface area contributed by atoms with Gasteiger partial charge in [0.1, 0.15) is 16.9 Å². The molecule has 0 radical (unpaired) electrons. The van der Waals surface area contributed by atoms with Gasteiger partial charge in [0, 0.05) is 39.1 Å². The number of piperazine rings is 1. The predicted octanol–water partition coefficient (Wildman–Crippen LogP) is 1.04. The van der Waals surface area contributed by atoms with E-state index in [0.717, 1.165) is 67.4 Å². The Kier molecular flexibility index (Phi) is 3.25. The highest BCUT2D eigenvalue weighted by molar-refractivity contribution is 5.88. The highest BCUT2D eigenvalue weighted by atomic mass is 16.2. The Hall–Kier alpha value is -2.18. The maximum atomic E-state index is 12.2. The van der Waals surface area contributed by atoms with Crippen LogP contribution in [0.2, 0.25) is 0 Å². The maximum absolute atomic E-state index is 12.2. The van der Waals surface area contributed by atoms with Gasteiger partial charge in [-0.1, -0.05) is 0 Å². The van der Waals surface area contributed by atoms with Crippen molar-refractivity contribution in [3.05, 3.63) is 11.5 Å². The van der Waals surface area contributed by atoms with Crippen molar-refractivity contribution in [3.63, 3.8) is 0 Å². The first-order valence-corrected chi connectivity index (χ1v) is 8.26. The van der Waals surface area contributed by atoms with Crippen molar-refractivity contribution in [2.75, 3.05) is 31.1 Å². The Bertz CT molecular complexity index is 770. The van der Waals surface area contributed by atoms with Crippen LogP contribution in [0.4, 0.5) is 5.82 Å². The van der Waals surface area contributed by atoms with Crippen LogP contribution < -0.4 is 4.90 Å². The lowest BCUT2D eigenvalue weighted by molar-refractivity contribution is -0.132. The summed E-state index contributed by atoms with van der Waals surface area (Å²) < 4.78 is 1.86. The SMILES string of the molecule is Cc1nc(N2CCN(C(=O)C3CC3)CC2)c2c(n1)c(C)nn2C. The molecule has 0 spiro atoms. The number of hydrogen-bond acceptors (Lipinski definition) is 5. The molecule has 0 bridgehead atoms. The number of hydrogen-bond donors (Lipinski definition) is 0. The topological polar surface area (TPSA) is 67.2 Å². The average Bonchev–Trinajstić information content (AvgIpc) is 3.34. The fraction of sp³-hybridized carbons (Fsp3) is 0.625. The third-order valence-electron chi connectivity index (χ3n) is 4.76. The van der Waals surface area contributed by atoms with Gasteiger partial charge in [-0.25, -0.2) is 9.97 Å². The van der Waals surface area contributed by atoms with Crippen LogP contribution in [0.15, 0.2) is 0 Å². The minimum absolute atomic E-state index is 0.300. The lowest BCUT2D eigenvalue weighted by atomic mass is 10.2. The molecule has 1 saturated heterocycles. The molecule has 7 heteroatoms. The summed E-state index contributed by atoms with van der Waals surface area (Å²) in [6.45, 7) is 7.07. The molecule has 2 aliphatic rings. The molecule has 122 valence electrons. The lowest BCUT2D eigenvalue weighted by Gasteiger charge is -2.35. The van der Waals surface area contributed by atoms with Crippen molar-refractivity contribution in [3.8, 4) is 0 Å². The predicted molar refractivity (Wildman–Crippen MR) is 87.3 cm³/mol. The van der Waals surface area contributed by atoms with Crippen LogP contribution in [0, 0.1) is 19.8 Å². The zero-order valence-corrected chi connectivity index (χ0v) is 13.9. The quantitative estimate of drug-likeness (QED) is 0.828. The van der Waals surface area contributed by atoms with Crippen molar-refractivity contribution in [1.82, 2.24) is 24.6 Å². The van der Waals surface area contributed by atoms with Crippen LogP contribution in [-0.4, -0.2) is 56.7 Å². The number of fused-ring (bicyclic) bond motifs is 1. The Balaban J connectivity index is 1.61. The summed E-state index contributed by atoms with van der Waals surface area (Å²) in [5, 5.41) is 4.48. The Morgan fingerprint density at radius 3 is 2.43 bits per heavy atom. The lowest BCUT2D eigenvalue weighted by Crippen LogP contribution is -2.49. The van der Waals surface area contributed by atoms with E-state index in [4.69, 9.17) is 0 Å². The molecular weight excluding hydrogens is 292 g/mol. The summed E-state index contributed by atoms with van der Waals surface area (Å²) in [4.78, 5) is 25.7. The van der Waals surface area contributed by atoms with E-state index < -0.39 is 0 Å². The second-order valence-corrected chi connectivity index (χ2v) is 6.59. The fourth-order valence-electron chi connectivity index (χ4n) is 3.37. The summed E-state index contributed by atoms with van der Waals surface area (Å²) in [7, 11) is 1.93. The molecule has 23 heavy (non-hydrogen) atoms. The number of carbonyl (C=O) groups excluding carboxylic acids is 1. The summed E-state index contributed by atoms with van der Waals surface area (Å²) in [6.07, 6.45) is 2.14. The normalized spacial score (nSPS) is 18.7. The molecule has 2 aromatic heterocycles. The first kappa shape index (κ1) is 14.4. The molecule has 7 nitrogen and oxygen atoms in total. The average molecular weight is 314 g/mol. The van der Waals surface area contributed by atoms with E-state index in [9.17, 15) is 4.79 Å². The van der Waals surface area contributed by atoms with Crippen molar-refractivity contribution < 1.29 is 4.79 Å². The monoisotopic (exact) mass is 314 g/mol. The fourth-order valence-corrected chi connectivity index (χ4v) is 3.37. The second-order valence-electron chi connectivity index (χ2n) is 6.59. The van der Waals surface area contributed by atoms with Gasteiger partial charge in [0.25, 0.3) is 0 Å². The highest BCUT2D eigenvalue weighted by Crippen LogP contribution is 2.32. The molecule has 2 fully saturated rings. The number of rotatable bonds is 2. The van der Waals surface area contributed by atoms with Crippen molar-refractivity contribution in [2.24, 2.45) is 13.0 Å². The van der Waals surface area contributed by atoms with E-state index in [-0.39, 0.29) is 0 Å². The minimum Gasteiger partial charge on any atom is -0.351 e. The van der Waals surface area contributed by atoms with Crippen LogP contribution >= 0.6 is 0 Å². The highest BCUT2D eigenvalue weighted by Gasteiger charge is 2.35. The Morgan fingerprint density at radius 1 is 1.09 bits per heavy atom. The van der Waals surface area contributed by atoms with Crippen molar-refractivity contribution in [1.29, 1.82) is 0 Å². The van der Waals surface area contributed by atoms with E-state index in [1.54, 1.807) is 0 Å². The molecule has 1 amide bonds. The van der Waals surface area contributed by atoms with Gasteiger partial charge >= 0.3 is 0 Å². The van der Waals surface area contributed by atoms with Crippen LogP contribution in [0.5, 0.6) is 0 Å². The van der Waals surface area contributed by atoms with Gasteiger partial charge in [0.2, 0.25) is 5.91 Å². The summed E-state index contributed by atoms with van der Waals surface area (Å²) in [5.41, 5.74) is 2.83. The third kappa shape index (κ3) is 2.44. The van der Waals surface area contributed by atoms with Gasteiger partial charge in [0.15, 0.2) is 5.82 Å². The van der Waals surface area contributed by atoms with E-state index in [1.807, 2.05) is 30.5 Å². The molecule has 1 aliphatic carbocycles. The standard InChI is InChI=1S/C16H22N6O/c1-10-13-14(20(3)19-10)15(18-11(2)17-13)21-6-8-22(9-7-21)16(23)12-4-5-12/h12H,4-9H2,1-3H3. The van der Waals surface area contributed by atoms with Crippen molar-refractivity contribution >= 4 is 22.8 Å². The molecule has 0 unspecified atom stereocenters. The van der Waals surface area contributed by atoms with E-state index >= 15 is 0 Å². The molecule has 1 aliphatic heterocycles. The zero-order valence-electron chi connectivity index (χ0n) is 13.9. The Labute approximate surface area is 135 Å². The number of amides is 1. The first-order chi connectivity index (χ1) is 11.0. The van der Waals surface area contributed by atoms with E-state index in [1.165, 1.54) is 0 Å². The number of aromatic nitrogens is 4. The zero-order chi connectivity index (χ0) is 16.1. The summed E-state index contributed by atoms with van der Waals surface area (Å²) in [6, 6.07) is 0. The molecule has 0 N–H and O–H groups in total. The smallest absolute Gasteiger partial charge is 0.225 e. The largest absolute Gasteiger partial charge is 0.351 e. The number of nitrogens with zero attached hydrogens (tertiary/aromatic N) is 6. The van der Waals surface area contributed by atoms with Crippen LogP contribution in [0.1, 0.15) is 24.4 Å². The van der Waals surface area contributed by atoms with Gasteiger partial charge in [0.05, 0.1) is 5.69 Å². The molecule has 1 saturated carbocycles. The molecular formula is C16H22N6O. The van der Waals surface area contributed by atoms with E-state index in [0.29, 0.717) is 11.8 Å². The summed E-state index contributed by atoms with van der Waals surface area (Å²) >= 11 is 0. The molecule has 2 aromatic rings. The number of anilines is 1. The number of aryl methyl sites for hydroxylation is 3.